The van der Waals surface area contributed by atoms with E-state index in [1.54, 1.807) is 11.3 Å². The Hall–Kier alpha value is -0.870. The summed E-state index contributed by atoms with van der Waals surface area (Å²) in [6.07, 6.45) is 0. The number of aryl methyl sites for hydroxylation is 3. The Kier molecular flexibility index (Phi) is 3.84. The van der Waals surface area contributed by atoms with E-state index in [1.165, 1.54) is 16.8 Å². The van der Waals surface area contributed by atoms with Gasteiger partial charge in [0.05, 0.1) is 17.2 Å². The predicted molar refractivity (Wildman–Crippen MR) is 77.8 cm³/mol. The number of thiazole rings is 1. The highest BCUT2D eigenvalue weighted by molar-refractivity contribution is 9.10. The summed E-state index contributed by atoms with van der Waals surface area (Å²) >= 11 is 5.20. The molecule has 1 aromatic heterocycles. The summed E-state index contributed by atoms with van der Waals surface area (Å²) in [5.74, 6) is 0. The van der Waals surface area contributed by atoms with E-state index in [0.29, 0.717) is 0 Å². The van der Waals surface area contributed by atoms with Crippen molar-refractivity contribution in [1.29, 1.82) is 0 Å². The third kappa shape index (κ3) is 3.07. The van der Waals surface area contributed by atoms with Crippen LogP contribution in [0.4, 0.5) is 5.69 Å². The number of benzene rings is 1. The molecule has 2 rings (SSSR count). The van der Waals surface area contributed by atoms with Crippen LogP contribution in [0.2, 0.25) is 0 Å². The third-order valence-electron chi connectivity index (χ3n) is 2.61. The Bertz CT molecular complexity index is 511. The lowest BCUT2D eigenvalue weighted by molar-refractivity contribution is 1.05. The van der Waals surface area contributed by atoms with Crippen LogP contribution in [0.15, 0.2) is 22.0 Å². The van der Waals surface area contributed by atoms with E-state index in [9.17, 15) is 0 Å². The van der Waals surface area contributed by atoms with Gasteiger partial charge in [-0.15, -0.1) is 11.3 Å². The molecule has 0 aliphatic carbocycles. The third-order valence-corrected chi connectivity index (χ3v) is 3.89. The maximum Gasteiger partial charge on any atom is 0.0898 e. The maximum absolute atomic E-state index is 4.45. The van der Waals surface area contributed by atoms with Crippen molar-refractivity contribution in [2.45, 2.75) is 27.3 Å². The summed E-state index contributed by atoms with van der Waals surface area (Å²) in [4.78, 5) is 4.45. The van der Waals surface area contributed by atoms with Crippen molar-refractivity contribution in [2.24, 2.45) is 0 Å². The lowest BCUT2D eigenvalue weighted by Crippen LogP contribution is -2.03. The van der Waals surface area contributed by atoms with Crippen molar-refractivity contribution in [3.05, 3.63) is 43.8 Å². The molecule has 2 nitrogen and oxygen atoms in total. The number of aromatic nitrogens is 1. The van der Waals surface area contributed by atoms with Crippen LogP contribution in [-0.4, -0.2) is 4.98 Å². The Labute approximate surface area is 114 Å². The van der Waals surface area contributed by atoms with Crippen molar-refractivity contribution in [2.75, 3.05) is 5.32 Å². The van der Waals surface area contributed by atoms with Crippen LogP contribution in [0.25, 0.3) is 0 Å². The van der Waals surface area contributed by atoms with Crippen LogP contribution in [-0.2, 0) is 6.54 Å². The summed E-state index contributed by atoms with van der Waals surface area (Å²) in [5.41, 5.74) is 4.82. The summed E-state index contributed by atoms with van der Waals surface area (Å²) in [5, 5.41) is 6.68. The standard InChI is InChI=1S/C13H15BrN2S/c1-8-4-11(14)5-9(2)13(8)15-6-12-7-17-10(3)16-12/h4-5,7,15H,6H2,1-3H3. The second-order valence-electron chi connectivity index (χ2n) is 4.13. The molecule has 0 spiro atoms. The molecular formula is C13H15BrN2S. The zero-order valence-electron chi connectivity index (χ0n) is 10.2. The van der Waals surface area contributed by atoms with Crippen LogP contribution >= 0.6 is 27.3 Å². The number of anilines is 1. The fraction of sp³-hybridized carbons (Fsp3) is 0.308. The zero-order valence-corrected chi connectivity index (χ0v) is 12.6. The summed E-state index contributed by atoms with van der Waals surface area (Å²) in [6.45, 7) is 7.05. The highest BCUT2D eigenvalue weighted by atomic mass is 79.9. The van der Waals surface area contributed by atoms with Gasteiger partial charge in [0.2, 0.25) is 0 Å². The molecule has 0 amide bonds. The van der Waals surface area contributed by atoms with Crippen LogP contribution in [0.5, 0.6) is 0 Å². The second kappa shape index (κ2) is 5.19. The van der Waals surface area contributed by atoms with Crippen molar-refractivity contribution in [3.63, 3.8) is 0 Å². The largest absolute Gasteiger partial charge is 0.379 e. The number of nitrogens with zero attached hydrogens (tertiary/aromatic N) is 1. The van der Waals surface area contributed by atoms with Gasteiger partial charge in [-0.25, -0.2) is 4.98 Å². The van der Waals surface area contributed by atoms with Crippen LogP contribution in [0, 0.1) is 20.8 Å². The first-order valence-electron chi connectivity index (χ1n) is 5.48. The van der Waals surface area contributed by atoms with Crippen molar-refractivity contribution < 1.29 is 0 Å². The fourth-order valence-corrected chi connectivity index (χ4v) is 3.16. The molecule has 0 radical (unpaired) electrons. The maximum atomic E-state index is 4.45. The molecule has 0 aliphatic heterocycles. The Balaban J connectivity index is 2.14. The minimum absolute atomic E-state index is 0.785. The molecule has 90 valence electrons. The Morgan fingerprint density at radius 2 is 1.88 bits per heavy atom. The van der Waals surface area contributed by atoms with Crippen molar-refractivity contribution in [1.82, 2.24) is 4.98 Å². The van der Waals surface area contributed by atoms with Gasteiger partial charge in [-0.1, -0.05) is 15.9 Å². The molecule has 0 saturated heterocycles. The molecule has 0 bridgehead atoms. The van der Waals surface area contributed by atoms with Gasteiger partial charge in [0.15, 0.2) is 0 Å². The minimum atomic E-state index is 0.785. The molecule has 2 aromatic rings. The molecular weight excluding hydrogens is 296 g/mol. The molecule has 1 heterocycles. The number of rotatable bonds is 3. The first-order chi connectivity index (χ1) is 8.06. The molecule has 4 heteroatoms. The van der Waals surface area contributed by atoms with E-state index in [2.05, 4.69) is 57.6 Å². The van der Waals surface area contributed by atoms with Crippen molar-refractivity contribution in [3.8, 4) is 0 Å². The first kappa shape index (κ1) is 12.6. The van der Waals surface area contributed by atoms with Gasteiger partial charge in [0, 0.05) is 15.5 Å². The summed E-state index contributed by atoms with van der Waals surface area (Å²) in [6, 6.07) is 4.25. The smallest absolute Gasteiger partial charge is 0.0898 e. The van der Waals surface area contributed by atoms with Gasteiger partial charge in [0.25, 0.3) is 0 Å². The molecule has 0 saturated carbocycles. The zero-order chi connectivity index (χ0) is 12.4. The Morgan fingerprint density at radius 3 is 2.41 bits per heavy atom. The molecule has 1 N–H and O–H groups in total. The summed E-state index contributed by atoms with van der Waals surface area (Å²) < 4.78 is 1.13. The van der Waals surface area contributed by atoms with E-state index in [1.807, 2.05) is 6.92 Å². The van der Waals surface area contributed by atoms with Crippen LogP contribution in [0.1, 0.15) is 21.8 Å². The SMILES string of the molecule is Cc1nc(CNc2c(C)cc(Br)cc2C)cs1. The predicted octanol–water partition coefficient (Wildman–Crippen LogP) is 4.44. The number of hydrogen-bond acceptors (Lipinski definition) is 3. The van der Waals surface area contributed by atoms with Gasteiger partial charge in [-0.05, 0) is 44.0 Å². The van der Waals surface area contributed by atoms with Gasteiger partial charge in [-0.3, -0.25) is 0 Å². The van der Waals surface area contributed by atoms with E-state index >= 15 is 0 Å². The van der Waals surface area contributed by atoms with Gasteiger partial charge in [0.1, 0.15) is 0 Å². The lowest BCUT2D eigenvalue weighted by atomic mass is 10.1. The van der Waals surface area contributed by atoms with Crippen molar-refractivity contribution >= 4 is 33.0 Å². The van der Waals surface area contributed by atoms with Crippen LogP contribution in [0.3, 0.4) is 0 Å². The van der Waals surface area contributed by atoms with Crippen LogP contribution < -0.4 is 5.32 Å². The highest BCUT2D eigenvalue weighted by Crippen LogP contribution is 2.25. The molecule has 17 heavy (non-hydrogen) atoms. The van der Waals surface area contributed by atoms with E-state index < -0.39 is 0 Å². The number of nitrogens with one attached hydrogen (secondary N) is 1. The Morgan fingerprint density at radius 1 is 1.24 bits per heavy atom. The molecule has 0 fully saturated rings. The highest BCUT2D eigenvalue weighted by Gasteiger charge is 2.05. The van der Waals surface area contributed by atoms with Gasteiger partial charge >= 0.3 is 0 Å². The normalized spacial score (nSPS) is 10.6. The van der Waals surface area contributed by atoms with E-state index in [-0.39, 0.29) is 0 Å². The molecule has 0 aliphatic rings. The first-order valence-corrected chi connectivity index (χ1v) is 7.15. The average Bonchev–Trinajstić information content (AvgIpc) is 2.62. The lowest BCUT2D eigenvalue weighted by Gasteiger charge is -2.12. The number of hydrogen-bond donors (Lipinski definition) is 1. The van der Waals surface area contributed by atoms with Gasteiger partial charge in [-0.2, -0.15) is 0 Å². The second-order valence-corrected chi connectivity index (χ2v) is 6.10. The average molecular weight is 311 g/mol. The fourth-order valence-electron chi connectivity index (χ4n) is 1.86. The van der Waals surface area contributed by atoms with E-state index in [0.717, 1.165) is 21.7 Å². The van der Waals surface area contributed by atoms with E-state index in [4.69, 9.17) is 0 Å². The molecule has 0 unspecified atom stereocenters. The molecule has 1 aromatic carbocycles. The molecule has 0 atom stereocenters. The summed E-state index contributed by atoms with van der Waals surface area (Å²) in [7, 11) is 0. The van der Waals surface area contributed by atoms with Gasteiger partial charge < -0.3 is 5.32 Å². The topological polar surface area (TPSA) is 24.9 Å². The quantitative estimate of drug-likeness (QED) is 0.906. The number of halogens is 1. The monoisotopic (exact) mass is 310 g/mol. The minimum Gasteiger partial charge on any atom is -0.379 e.